The van der Waals surface area contributed by atoms with E-state index in [0.717, 1.165) is 18.4 Å². The molecular weight excluding hydrogens is 360 g/mol. The summed E-state index contributed by atoms with van der Waals surface area (Å²) in [5, 5.41) is 3.15. The molecule has 0 saturated heterocycles. The van der Waals surface area contributed by atoms with E-state index in [1.54, 1.807) is 12.1 Å². The van der Waals surface area contributed by atoms with Gasteiger partial charge in [-0.15, -0.1) is 11.8 Å². The van der Waals surface area contributed by atoms with Gasteiger partial charge in [-0.1, -0.05) is 32.8 Å². The number of alkyl halides is 2. The highest BCUT2D eigenvalue weighted by Crippen LogP contribution is 2.31. The molecule has 1 aromatic rings. The number of thioether (sulfide) groups is 1. The summed E-state index contributed by atoms with van der Waals surface area (Å²) < 4.78 is 34.2. The summed E-state index contributed by atoms with van der Waals surface area (Å²) in [6.07, 6.45) is 3.44. The minimum absolute atomic E-state index is 0.00870. The van der Waals surface area contributed by atoms with Crippen LogP contribution in [0, 0.1) is 11.8 Å². The number of benzene rings is 1. The van der Waals surface area contributed by atoms with E-state index in [1.807, 2.05) is 0 Å². The van der Waals surface area contributed by atoms with Crippen LogP contribution in [-0.4, -0.2) is 31.4 Å². The Morgan fingerprint density at radius 1 is 1.31 bits per heavy atom. The molecule has 0 heterocycles. The summed E-state index contributed by atoms with van der Waals surface area (Å²) in [6, 6.07) is 5.09. The van der Waals surface area contributed by atoms with Gasteiger partial charge >= 0.3 is 6.61 Å². The van der Waals surface area contributed by atoms with Gasteiger partial charge in [0.25, 0.3) is 0 Å². The molecule has 0 aliphatic heterocycles. The van der Waals surface area contributed by atoms with E-state index in [2.05, 4.69) is 23.9 Å². The van der Waals surface area contributed by atoms with Crippen molar-refractivity contribution in [2.75, 3.05) is 12.9 Å². The van der Waals surface area contributed by atoms with E-state index in [-0.39, 0.29) is 23.4 Å². The first-order valence-electron chi connectivity index (χ1n) is 8.89. The predicted molar refractivity (Wildman–Crippen MR) is 99.9 cm³/mol. The van der Waals surface area contributed by atoms with E-state index in [4.69, 9.17) is 4.74 Å². The molecule has 1 aliphatic carbocycles. The first-order chi connectivity index (χ1) is 12.4. The highest BCUT2D eigenvalue weighted by Gasteiger charge is 2.27. The molecule has 0 aromatic heterocycles. The lowest BCUT2D eigenvalue weighted by molar-refractivity contribution is -0.120. The first kappa shape index (κ1) is 20.8. The molecule has 0 bridgehead atoms. The third-order valence-corrected chi connectivity index (χ3v) is 6.00. The first-order valence-corrected chi connectivity index (χ1v) is 10.0. The van der Waals surface area contributed by atoms with Crippen LogP contribution in [0.2, 0.25) is 0 Å². The number of hydrogen-bond acceptors (Lipinski definition) is 4. The molecule has 3 atom stereocenters. The van der Waals surface area contributed by atoms with Crippen LogP contribution >= 0.6 is 11.8 Å². The fourth-order valence-corrected chi connectivity index (χ4v) is 4.08. The molecule has 4 nitrogen and oxygen atoms in total. The van der Waals surface area contributed by atoms with Crippen molar-refractivity contribution < 1.29 is 23.0 Å². The van der Waals surface area contributed by atoms with Crippen LogP contribution in [0.5, 0.6) is 11.5 Å². The molecule has 2 rings (SSSR count). The summed E-state index contributed by atoms with van der Waals surface area (Å²) in [7, 11) is 1.41. The Balaban J connectivity index is 1.80. The van der Waals surface area contributed by atoms with Crippen LogP contribution in [0.4, 0.5) is 8.78 Å². The SMILES string of the molecule is COc1cc(CSCC(=O)N[C@@H]2CCC[C@@H](C)[C@H]2C)ccc1OC(F)F. The van der Waals surface area contributed by atoms with Gasteiger partial charge in [0.15, 0.2) is 11.5 Å². The van der Waals surface area contributed by atoms with Crippen molar-refractivity contribution in [1.29, 1.82) is 0 Å². The lowest BCUT2D eigenvalue weighted by atomic mass is 9.78. The minimum atomic E-state index is -2.89. The number of nitrogens with one attached hydrogen (secondary N) is 1. The van der Waals surface area contributed by atoms with Gasteiger partial charge in [0.1, 0.15) is 0 Å². The summed E-state index contributed by atoms with van der Waals surface area (Å²) in [4.78, 5) is 12.2. The average molecular weight is 387 g/mol. The lowest BCUT2D eigenvalue weighted by Crippen LogP contribution is -2.44. The van der Waals surface area contributed by atoms with Gasteiger partial charge in [0.2, 0.25) is 5.91 Å². The van der Waals surface area contributed by atoms with Gasteiger partial charge in [-0.05, 0) is 36.0 Å². The number of carbonyl (C=O) groups excluding carboxylic acids is 1. The quantitative estimate of drug-likeness (QED) is 0.715. The van der Waals surface area contributed by atoms with Crippen LogP contribution in [0.1, 0.15) is 38.7 Å². The zero-order valence-corrected chi connectivity index (χ0v) is 16.3. The second-order valence-electron chi connectivity index (χ2n) is 6.80. The maximum atomic E-state index is 12.3. The zero-order chi connectivity index (χ0) is 19.1. The number of halogens is 2. The Kier molecular flexibility index (Phi) is 8.00. The molecular formula is C19H27F2NO3S. The van der Waals surface area contributed by atoms with Gasteiger partial charge in [0, 0.05) is 11.8 Å². The molecule has 1 aliphatic rings. The number of amides is 1. The Morgan fingerprint density at radius 3 is 2.77 bits per heavy atom. The molecule has 7 heteroatoms. The Labute approximate surface area is 158 Å². The smallest absolute Gasteiger partial charge is 0.387 e. The molecule has 1 N–H and O–H groups in total. The van der Waals surface area contributed by atoms with Crippen molar-refractivity contribution in [2.24, 2.45) is 11.8 Å². The second-order valence-corrected chi connectivity index (χ2v) is 7.78. The van der Waals surface area contributed by atoms with E-state index in [0.29, 0.717) is 23.3 Å². The number of methoxy groups -OCH3 is 1. The largest absolute Gasteiger partial charge is 0.493 e. The van der Waals surface area contributed by atoms with Crippen molar-refractivity contribution >= 4 is 17.7 Å². The van der Waals surface area contributed by atoms with Crippen LogP contribution in [0.3, 0.4) is 0 Å². The van der Waals surface area contributed by atoms with Crippen molar-refractivity contribution in [3.8, 4) is 11.5 Å². The molecule has 0 unspecified atom stereocenters. The van der Waals surface area contributed by atoms with Gasteiger partial charge in [-0.3, -0.25) is 4.79 Å². The topological polar surface area (TPSA) is 47.6 Å². The molecule has 1 fully saturated rings. The third kappa shape index (κ3) is 6.04. The molecule has 1 aromatic carbocycles. The number of ether oxygens (including phenoxy) is 2. The second kappa shape index (κ2) is 10.00. The normalized spacial score (nSPS) is 22.9. The molecule has 146 valence electrons. The van der Waals surface area contributed by atoms with Crippen molar-refractivity contribution in [3.63, 3.8) is 0 Å². The molecule has 1 saturated carbocycles. The Morgan fingerprint density at radius 2 is 2.08 bits per heavy atom. The van der Waals surface area contributed by atoms with Crippen LogP contribution in [-0.2, 0) is 10.5 Å². The van der Waals surface area contributed by atoms with Crippen molar-refractivity contribution in [3.05, 3.63) is 23.8 Å². The van der Waals surface area contributed by atoms with E-state index in [9.17, 15) is 13.6 Å². The maximum absolute atomic E-state index is 12.3. The molecule has 0 spiro atoms. The maximum Gasteiger partial charge on any atom is 0.387 e. The van der Waals surface area contributed by atoms with Crippen LogP contribution in [0.25, 0.3) is 0 Å². The molecule has 26 heavy (non-hydrogen) atoms. The monoisotopic (exact) mass is 387 g/mol. The third-order valence-electron chi connectivity index (χ3n) is 5.00. The minimum Gasteiger partial charge on any atom is -0.493 e. The number of rotatable bonds is 8. The highest BCUT2D eigenvalue weighted by atomic mass is 32.2. The van der Waals surface area contributed by atoms with Crippen LogP contribution < -0.4 is 14.8 Å². The lowest BCUT2D eigenvalue weighted by Gasteiger charge is -2.34. The molecule has 1 amide bonds. The fourth-order valence-electron chi connectivity index (χ4n) is 3.29. The van der Waals surface area contributed by atoms with Crippen molar-refractivity contribution in [1.82, 2.24) is 5.32 Å². The van der Waals surface area contributed by atoms with Gasteiger partial charge < -0.3 is 14.8 Å². The standard InChI is InChI=1S/C19H27F2NO3S/c1-12-5-4-6-15(13(12)2)22-18(23)11-26-10-14-7-8-16(25-19(20)21)17(9-14)24-3/h7-9,12-13,15,19H,4-6,10-11H2,1-3H3,(H,22,23)/t12-,13-,15-/m1/s1. The fraction of sp³-hybridized carbons (Fsp3) is 0.632. The summed E-state index contributed by atoms with van der Waals surface area (Å²) >= 11 is 1.49. The average Bonchev–Trinajstić information content (AvgIpc) is 2.59. The van der Waals surface area contributed by atoms with Crippen LogP contribution in [0.15, 0.2) is 18.2 Å². The summed E-state index contributed by atoms with van der Waals surface area (Å²) in [5.41, 5.74) is 0.890. The summed E-state index contributed by atoms with van der Waals surface area (Å²) in [5.74, 6) is 2.43. The Hall–Kier alpha value is -1.50. The molecule has 0 radical (unpaired) electrons. The van der Waals surface area contributed by atoms with Gasteiger partial charge in [-0.2, -0.15) is 8.78 Å². The predicted octanol–water partition coefficient (Wildman–Crippen LogP) is 4.47. The zero-order valence-electron chi connectivity index (χ0n) is 15.5. The summed E-state index contributed by atoms with van der Waals surface area (Å²) in [6.45, 7) is 1.56. The van der Waals surface area contributed by atoms with Gasteiger partial charge in [0.05, 0.1) is 12.9 Å². The Bertz CT molecular complexity index is 600. The van der Waals surface area contributed by atoms with E-state index >= 15 is 0 Å². The van der Waals surface area contributed by atoms with E-state index in [1.165, 1.54) is 31.4 Å². The highest BCUT2D eigenvalue weighted by molar-refractivity contribution is 7.99. The number of hydrogen-bond donors (Lipinski definition) is 1. The number of carbonyl (C=O) groups is 1. The van der Waals surface area contributed by atoms with Gasteiger partial charge in [-0.25, -0.2) is 0 Å². The van der Waals surface area contributed by atoms with E-state index < -0.39 is 6.61 Å². The van der Waals surface area contributed by atoms with Crippen molar-refractivity contribution in [2.45, 2.75) is 51.5 Å².